The van der Waals surface area contributed by atoms with Gasteiger partial charge in [0.05, 0.1) is 13.2 Å². The largest absolute Gasteiger partial charge is 0.379 e. The van der Waals surface area contributed by atoms with E-state index in [1.807, 2.05) is 18.2 Å². The monoisotopic (exact) mass is 444 g/mol. The lowest BCUT2D eigenvalue weighted by atomic mass is 10.2. The van der Waals surface area contributed by atoms with Crippen LogP contribution in [0.25, 0.3) is 6.08 Å². The maximum absolute atomic E-state index is 12.9. The quantitative estimate of drug-likeness (QED) is 0.730. The van der Waals surface area contributed by atoms with Gasteiger partial charge in [-0.3, -0.25) is 9.69 Å². The molecule has 0 radical (unpaired) electrons. The van der Waals surface area contributed by atoms with Crippen LogP contribution in [0.5, 0.6) is 0 Å². The van der Waals surface area contributed by atoms with E-state index in [0.29, 0.717) is 45.1 Å². The minimum Gasteiger partial charge on any atom is -0.379 e. The lowest BCUT2D eigenvalue weighted by Gasteiger charge is -2.33. The summed E-state index contributed by atoms with van der Waals surface area (Å²) < 4.78 is 32.1. The predicted molar refractivity (Wildman–Crippen MR) is 118 cm³/mol. The Hall–Kier alpha value is -2.46. The van der Waals surface area contributed by atoms with Gasteiger partial charge in [0.1, 0.15) is 10.6 Å². The number of aromatic nitrogens is 1. The molecule has 0 aliphatic carbocycles. The highest BCUT2D eigenvalue weighted by molar-refractivity contribution is 7.89. The third kappa shape index (κ3) is 5.24. The van der Waals surface area contributed by atoms with Crippen molar-refractivity contribution in [1.82, 2.24) is 19.1 Å². The molecule has 2 aliphatic rings. The number of sulfonamides is 1. The van der Waals surface area contributed by atoms with E-state index in [-0.39, 0.29) is 10.8 Å². The van der Waals surface area contributed by atoms with Gasteiger partial charge in [0.25, 0.3) is 5.91 Å². The van der Waals surface area contributed by atoms with Crippen molar-refractivity contribution in [3.8, 4) is 0 Å². The van der Waals surface area contributed by atoms with E-state index in [9.17, 15) is 13.2 Å². The standard InChI is InChI=1S/C22H28N4O4S/c27-22(21-17-20(18-23-21)31(28,29)26-13-15-30-16-14-26)25-11-9-24(10-12-25)8-4-7-19-5-2-1-3-6-19/h1-7,17-18,23H,8-16H2/b7-4+. The second-order valence-electron chi connectivity index (χ2n) is 7.67. The molecule has 0 atom stereocenters. The van der Waals surface area contributed by atoms with Gasteiger partial charge in [-0.2, -0.15) is 4.31 Å². The summed E-state index contributed by atoms with van der Waals surface area (Å²) in [4.78, 5) is 19.9. The number of morpholine rings is 1. The number of carbonyl (C=O) groups is 1. The number of benzene rings is 1. The van der Waals surface area contributed by atoms with E-state index in [1.165, 1.54) is 22.1 Å². The van der Waals surface area contributed by atoms with Crippen LogP contribution in [0.2, 0.25) is 0 Å². The van der Waals surface area contributed by atoms with Crippen molar-refractivity contribution in [2.45, 2.75) is 4.90 Å². The van der Waals surface area contributed by atoms with E-state index in [0.717, 1.165) is 19.6 Å². The molecule has 31 heavy (non-hydrogen) atoms. The third-order valence-corrected chi connectivity index (χ3v) is 7.50. The zero-order valence-corrected chi connectivity index (χ0v) is 18.3. The van der Waals surface area contributed by atoms with Crippen molar-refractivity contribution < 1.29 is 17.9 Å². The molecule has 1 amide bonds. The van der Waals surface area contributed by atoms with Gasteiger partial charge in [0.15, 0.2) is 0 Å². The summed E-state index contributed by atoms with van der Waals surface area (Å²) in [6, 6.07) is 11.6. The summed E-state index contributed by atoms with van der Waals surface area (Å²) in [6.07, 6.45) is 5.65. The van der Waals surface area contributed by atoms with E-state index < -0.39 is 10.0 Å². The average Bonchev–Trinajstić information content (AvgIpc) is 3.32. The third-order valence-electron chi connectivity index (χ3n) is 5.63. The number of hydrogen-bond acceptors (Lipinski definition) is 5. The summed E-state index contributed by atoms with van der Waals surface area (Å²) in [5.41, 5.74) is 1.48. The van der Waals surface area contributed by atoms with Crippen molar-refractivity contribution >= 4 is 22.0 Å². The molecular formula is C22H28N4O4S. The molecule has 3 heterocycles. The van der Waals surface area contributed by atoms with E-state index in [1.54, 1.807) is 4.90 Å². The summed E-state index contributed by atoms with van der Waals surface area (Å²) >= 11 is 0. The molecule has 0 spiro atoms. The van der Waals surface area contributed by atoms with E-state index in [2.05, 4.69) is 34.2 Å². The number of aromatic amines is 1. The normalized spacial score (nSPS) is 19.2. The molecule has 4 rings (SSSR count). The number of ether oxygens (including phenoxy) is 1. The first kappa shape index (κ1) is 21.8. The molecule has 1 N–H and O–H groups in total. The summed E-state index contributed by atoms with van der Waals surface area (Å²) in [5, 5.41) is 0. The predicted octanol–water partition coefficient (Wildman–Crippen LogP) is 1.51. The molecule has 0 bridgehead atoms. The first-order valence-electron chi connectivity index (χ1n) is 10.5. The van der Waals surface area contributed by atoms with Crippen molar-refractivity contribution in [1.29, 1.82) is 0 Å². The fourth-order valence-corrected chi connectivity index (χ4v) is 5.19. The number of amides is 1. The fraction of sp³-hybridized carbons (Fsp3) is 0.409. The van der Waals surface area contributed by atoms with Crippen LogP contribution in [0, 0.1) is 0 Å². The number of piperazine rings is 1. The molecule has 2 aliphatic heterocycles. The Morgan fingerprint density at radius 3 is 2.45 bits per heavy atom. The number of H-pyrrole nitrogens is 1. The maximum Gasteiger partial charge on any atom is 0.270 e. The molecule has 0 unspecified atom stereocenters. The van der Waals surface area contributed by atoms with Crippen LogP contribution in [0.4, 0.5) is 0 Å². The average molecular weight is 445 g/mol. The van der Waals surface area contributed by atoms with E-state index >= 15 is 0 Å². The molecule has 1 aromatic carbocycles. The van der Waals surface area contributed by atoms with Crippen LogP contribution < -0.4 is 0 Å². The molecule has 2 aromatic rings. The zero-order chi connectivity index (χ0) is 21.7. The number of nitrogens with zero attached hydrogens (tertiary/aromatic N) is 3. The van der Waals surface area contributed by atoms with Crippen molar-refractivity contribution in [2.75, 3.05) is 59.0 Å². The SMILES string of the molecule is O=C(c1cc(S(=O)(=O)N2CCOCC2)c[nH]1)N1CCN(C/C=C/c2ccccc2)CC1. The Balaban J connectivity index is 1.30. The smallest absolute Gasteiger partial charge is 0.270 e. The second-order valence-corrected chi connectivity index (χ2v) is 9.61. The van der Waals surface area contributed by atoms with Crippen LogP contribution in [-0.2, 0) is 14.8 Å². The van der Waals surface area contributed by atoms with Gasteiger partial charge in [-0.25, -0.2) is 8.42 Å². The molecule has 2 saturated heterocycles. The molecule has 8 nitrogen and oxygen atoms in total. The highest BCUT2D eigenvalue weighted by atomic mass is 32.2. The highest BCUT2D eigenvalue weighted by Crippen LogP contribution is 2.19. The molecule has 9 heteroatoms. The molecular weight excluding hydrogens is 416 g/mol. The van der Waals surface area contributed by atoms with Gasteiger partial charge in [-0.15, -0.1) is 0 Å². The summed E-state index contributed by atoms with van der Waals surface area (Å²) in [6.45, 7) is 5.07. The Bertz CT molecular complexity index is 1010. The Morgan fingerprint density at radius 1 is 1.03 bits per heavy atom. The lowest BCUT2D eigenvalue weighted by molar-refractivity contribution is 0.0645. The van der Waals surface area contributed by atoms with Crippen molar-refractivity contribution in [3.63, 3.8) is 0 Å². The van der Waals surface area contributed by atoms with Crippen molar-refractivity contribution in [2.24, 2.45) is 0 Å². The van der Waals surface area contributed by atoms with Gasteiger partial charge in [0, 0.05) is 52.0 Å². The van der Waals surface area contributed by atoms with Gasteiger partial charge < -0.3 is 14.6 Å². The van der Waals surface area contributed by atoms with Gasteiger partial charge in [-0.1, -0.05) is 42.5 Å². The Labute approximate surface area is 183 Å². The lowest BCUT2D eigenvalue weighted by Crippen LogP contribution is -2.48. The van der Waals surface area contributed by atoms with Crippen molar-refractivity contribution in [3.05, 3.63) is 59.9 Å². The van der Waals surface area contributed by atoms with Gasteiger partial charge in [-0.05, 0) is 11.6 Å². The summed E-state index contributed by atoms with van der Waals surface area (Å²) in [7, 11) is -3.61. The van der Waals surface area contributed by atoms with Crippen LogP contribution in [0.3, 0.4) is 0 Å². The minimum absolute atomic E-state index is 0.127. The topological polar surface area (TPSA) is 85.9 Å². The zero-order valence-electron chi connectivity index (χ0n) is 17.4. The van der Waals surface area contributed by atoms with Crippen LogP contribution >= 0.6 is 0 Å². The number of carbonyl (C=O) groups excluding carboxylic acids is 1. The Kier molecular flexibility index (Phi) is 6.86. The number of nitrogens with one attached hydrogen (secondary N) is 1. The number of rotatable bonds is 6. The van der Waals surface area contributed by atoms with Crippen LogP contribution in [0.15, 0.2) is 53.6 Å². The first-order valence-corrected chi connectivity index (χ1v) is 12.0. The first-order chi connectivity index (χ1) is 15.0. The molecule has 166 valence electrons. The van der Waals surface area contributed by atoms with E-state index in [4.69, 9.17) is 4.74 Å². The van der Waals surface area contributed by atoms with Gasteiger partial charge >= 0.3 is 0 Å². The second kappa shape index (κ2) is 9.78. The number of hydrogen-bond donors (Lipinski definition) is 1. The fourth-order valence-electron chi connectivity index (χ4n) is 3.79. The Morgan fingerprint density at radius 2 is 1.74 bits per heavy atom. The highest BCUT2D eigenvalue weighted by Gasteiger charge is 2.29. The van der Waals surface area contributed by atoms with Gasteiger partial charge in [0.2, 0.25) is 10.0 Å². The van der Waals surface area contributed by atoms with Crippen LogP contribution in [0.1, 0.15) is 16.1 Å². The minimum atomic E-state index is -3.61. The molecule has 2 fully saturated rings. The summed E-state index contributed by atoms with van der Waals surface area (Å²) in [5.74, 6) is -0.164. The van der Waals surface area contributed by atoms with Crippen LogP contribution in [-0.4, -0.2) is 92.4 Å². The molecule has 0 saturated carbocycles. The maximum atomic E-state index is 12.9. The molecule has 1 aromatic heterocycles.